The number of hydrogen-bond donors (Lipinski definition) is 2. The summed E-state index contributed by atoms with van der Waals surface area (Å²) >= 11 is 6.29. The summed E-state index contributed by atoms with van der Waals surface area (Å²) in [6.07, 6.45) is 21.5. The van der Waals surface area contributed by atoms with Crippen molar-refractivity contribution < 1.29 is 76.5 Å². The summed E-state index contributed by atoms with van der Waals surface area (Å²) in [7, 11) is 4.65. The lowest BCUT2D eigenvalue weighted by molar-refractivity contribution is -0.244. The van der Waals surface area contributed by atoms with E-state index in [4.69, 9.17) is 69.2 Å². The Morgan fingerprint density at radius 1 is 0.438 bits per heavy atom. The molecule has 3 spiro atoms. The Morgan fingerprint density at radius 2 is 0.835 bits per heavy atom. The maximum absolute atomic E-state index is 12.8. The van der Waals surface area contributed by atoms with Crippen LogP contribution in [0, 0.1) is 115 Å². The van der Waals surface area contributed by atoms with Crippen LogP contribution in [0.25, 0.3) is 0 Å². The van der Waals surface area contributed by atoms with Crippen LogP contribution in [-0.4, -0.2) is 158 Å². The molecule has 121 heavy (non-hydrogen) atoms. The molecule has 4 aromatic rings. The van der Waals surface area contributed by atoms with Gasteiger partial charge >= 0.3 is 5.97 Å². The van der Waals surface area contributed by atoms with Crippen molar-refractivity contribution >= 4 is 46.5 Å². The van der Waals surface area contributed by atoms with Crippen molar-refractivity contribution in [2.45, 2.75) is 304 Å². The number of methoxy groups -OCH3 is 3. The van der Waals surface area contributed by atoms with E-state index in [2.05, 4.69) is 94.2 Å². The number of aliphatic hydroxyl groups excluding tert-OH is 1. The van der Waals surface area contributed by atoms with E-state index < -0.39 is 22.9 Å². The number of rotatable bonds is 3. The van der Waals surface area contributed by atoms with E-state index in [1.165, 1.54) is 7.11 Å². The van der Waals surface area contributed by atoms with E-state index in [-0.39, 0.29) is 91.5 Å². The van der Waals surface area contributed by atoms with Gasteiger partial charge in [-0.25, -0.2) is 24.9 Å². The average molecular weight is 1690 g/mol. The minimum atomic E-state index is -0.595. The lowest BCUT2D eigenvalue weighted by atomic mass is 9.53. The van der Waals surface area contributed by atoms with Crippen LogP contribution in [0.3, 0.4) is 0 Å². The first-order chi connectivity index (χ1) is 57.3. The first kappa shape index (κ1) is 90.4. The molecule has 25 nitrogen and oxygen atoms in total. The number of nitrogens with one attached hydrogen (secondary N) is 1. The van der Waals surface area contributed by atoms with E-state index in [0.29, 0.717) is 153 Å². The maximum Gasteiger partial charge on any atom is 0.316 e. The minimum absolute atomic E-state index is 0.0120. The van der Waals surface area contributed by atoms with E-state index in [1.54, 1.807) is 14.2 Å². The zero-order valence-electron chi connectivity index (χ0n) is 75.3. The van der Waals surface area contributed by atoms with Crippen LogP contribution in [0.1, 0.15) is 280 Å². The van der Waals surface area contributed by atoms with Crippen LogP contribution in [0.2, 0.25) is 5.15 Å². The SMILES string of the molecule is COC(=O)C1CC[C@H]2[C@H](C)C3(CC[C@]2(C)C1=O)OCCO3.COc1nc(C)nc2c1CC[C@H]1[C@H](C)C(=O)/C(=C\O)C[C@]21C.COc1nc(C)nc2c1CC[C@H]1[C@H](C)C(=O)CC[C@]21C.C[C@H]1[C@@H]2CCCC(=O)[C@@]2(C)CCC12OCCO2.Cc1nc(Cl)c2c(n1)[C@@]1(C)CCC(=O)[C@@H](C)[C@@H]1CC2.Cc1nc2c(c(=O)[nH]1)CC[C@H]1[C@H](C)C3(CC[C@]21C)OCCO3. The minimum Gasteiger partial charge on any atom is -0.515 e. The van der Waals surface area contributed by atoms with E-state index in [0.717, 1.165) is 191 Å². The molecule has 19 rings (SSSR count). The molecular formula is C95H133ClN8O17. The quantitative estimate of drug-likeness (QED) is 0.0632. The van der Waals surface area contributed by atoms with Crippen LogP contribution in [-0.2, 0) is 109 Å². The van der Waals surface area contributed by atoms with Gasteiger partial charge in [0.05, 0.1) is 90.0 Å². The van der Waals surface area contributed by atoms with Crippen molar-refractivity contribution in [3.05, 3.63) is 95.7 Å². The highest BCUT2D eigenvalue weighted by molar-refractivity contribution is 6.30. The molecule has 4 aromatic heterocycles. The average Bonchev–Trinajstić information content (AvgIpc) is 0.853. The van der Waals surface area contributed by atoms with Gasteiger partial charge in [-0.2, -0.15) is 9.97 Å². The summed E-state index contributed by atoms with van der Waals surface area (Å²) in [6.45, 7) is 37.4. The molecule has 0 amide bonds. The zero-order valence-corrected chi connectivity index (χ0v) is 76.0. The fourth-order valence-corrected chi connectivity index (χ4v) is 26.8. The number of allylic oxidation sites excluding steroid dienone is 1. The second kappa shape index (κ2) is 34.5. The predicted octanol–water partition coefficient (Wildman–Crippen LogP) is 15.1. The molecular weight excluding hydrogens is 1560 g/mol. The van der Waals surface area contributed by atoms with Gasteiger partial charge in [-0.05, 0) is 179 Å². The second-order valence-electron chi connectivity index (χ2n) is 39.6. The molecule has 26 heteroatoms. The Kier molecular flexibility index (Phi) is 25.7. The van der Waals surface area contributed by atoms with Crippen molar-refractivity contribution in [3.63, 3.8) is 0 Å². The molecule has 0 radical (unpaired) electrons. The van der Waals surface area contributed by atoms with Gasteiger partial charge in [-0.1, -0.05) is 94.7 Å². The second-order valence-corrected chi connectivity index (χ2v) is 40.0. The van der Waals surface area contributed by atoms with Crippen molar-refractivity contribution in [1.82, 2.24) is 39.9 Å². The molecule has 12 aliphatic carbocycles. The lowest BCUT2D eigenvalue weighted by Gasteiger charge is -2.54. The molecule has 3 saturated heterocycles. The number of carbonyl (C=O) groups excluding carboxylic acids is 6. The van der Waals surface area contributed by atoms with E-state index >= 15 is 0 Å². The van der Waals surface area contributed by atoms with Crippen molar-refractivity contribution in [2.75, 3.05) is 61.0 Å². The van der Waals surface area contributed by atoms with Gasteiger partial charge < -0.3 is 52.7 Å². The van der Waals surface area contributed by atoms with Crippen molar-refractivity contribution in [1.29, 1.82) is 0 Å². The van der Waals surface area contributed by atoms with Gasteiger partial charge in [0.15, 0.2) is 28.9 Å². The van der Waals surface area contributed by atoms with Crippen LogP contribution < -0.4 is 15.0 Å². The number of ketones is 5. The topological polar surface area (TPSA) is 329 Å². The Hall–Kier alpha value is -6.87. The number of carbonyl (C=O) groups is 6. The molecule has 1 unspecified atom stereocenters. The third-order valence-electron chi connectivity index (χ3n) is 33.6. The summed E-state index contributed by atoms with van der Waals surface area (Å²) in [5.41, 5.74) is 8.03. The van der Waals surface area contributed by atoms with Crippen LogP contribution in [0.4, 0.5) is 0 Å². The standard InChI is InChI=1S/C17H24N2O3.C17H22N2O3.C16H22N2O2.C16H24O5.C15H19ClN2O.C14H22O3/c1-10-13-5-4-12-14(18-11(2)19-15(12)20)16(13,3)6-7-17(10)21-8-9-22-17;1-9-13-6-5-12-15(18-10(2)19-16(12)22-4)17(13,3)7-11(8-20)14(9)21;1-9-12-6-5-11-14(16(12,3)8-7-13(9)19)17-10(2)18-15(11)20-4;1-10-12-5-4-11(14(18)19-3)13(17)15(12,2)6-7-16(10)20-8-9-21-16;1-8-11-5-4-10-13(17-9(2)18-14(10)16)15(11,3)7-6-12(8)19;1-10-11-4-3-5-12(15)13(11,2)6-7-14(10)16-8-9-17-14/h10,13H,4-9H2,1-3H3,(H,18,19,20);8-9,13,20H,5-7H2,1-4H3;9,12H,5-8H2,1-4H3;10-12H,4-9H2,1-3H3;8,11H,4-7H2,1-3H3;10-11H,3-9H2,1-2H3/b;11-8-;;;;/t10-,13-,16-;9-,13-,17-;9-,12-,16-;10-,11?,12-,15-;8-,11-,15-;10-,11-,13-/m000000/s1. The normalized spacial score (nSPS) is 36.7. The highest BCUT2D eigenvalue weighted by Gasteiger charge is 2.64. The number of fused-ring (bicyclic) bond motifs is 14. The highest BCUT2D eigenvalue weighted by atomic mass is 35.5. The number of H-pyrrole nitrogens is 1. The Morgan fingerprint density at radius 3 is 1.31 bits per heavy atom. The maximum atomic E-state index is 12.8. The molecule has 11 fully saturated rings. The monoisotopic (exact) mass is 1690 g/mol. The van der Waals surface area contributed by atoms with Crippen LogP contribution in [0.15, 0.2) is 16.6 Å². The molecule has 19 atom stereocenters. The van der Waals surface area contributed by atoms with Crippen LogP contribution >= 0.6 is 11.6 Å². The number of aliphatic hydroxyl groups is 1. The lowest BCUT2D eigenvalue weighted by Crippen LogP contribution is -2.58. The van der Waals surface area contributed by atoms with E-state index in [1.807, 2.05) is 41.5 Å². The van der Waals surface area contributed by atoms with E-state index in [9.17, 15) is 38.7 Å². The summed E-state index contributed by atoms with van der Waals surface area (Å²) < 4.78 is 51.3. The highest BCUT2D eigenvalue weighted by Crippen LogP contribution is 2.62. The smallest absolute Gasteiger partial charge is 0.316 e. The van der Waals surface area contributed by atoms with Gasteiger partial charge in [0.2, 0.25) is 11.8 Å². The number of hydrogen-bond acceptors (Lipinski definition) is 24. The Labute approximate surface area is 719 Å². The largest absolute Gasteiger partial charge is 0.515 e. The summed E-state index contributed by atoms with van der Waals surface area (Å²) in [5.74, 6) is 6.48. The molecule has 8 saturated carbocycles. The predicted molar refractivity (Wildman–Crippen MR) is 452 cm³/mol. The number of halogens is 1. The zero-order chi connectivity index (χ0) is 87.2. The molecule has 0 aromatic carbocycles. The van der Waals surface area contributed by atoms with Crippen molar-refractivity contribution in [3.8, 4) is 11.8 Å². The van der Waals surface area contributed by atoms with Crippen molar-refractivity contribution in [2.24, 2.45) is 87.8 Å². The Balaban J connectivity index is 0.000000119. The van der Waals surface area contributed by atoms with Gasteiger partial charge in [-0.15, -0.1) is 0 Å². The van der Waals surface area contributed by atoms with Crippen LogP contribution in [0.5, 0.6) is 11.8 Å². The molecule has 15 aliphatic rings. The van der Waals surface area contributed by atoms with Gasteiger partial charge in [-0.3, -0.25) is 33.6 Å². The molecule has 662 valence electrons. The number of Topliss-reactive ketones (excluding diaryl/α,β-unsaturated/α-hetero) is 5. The molecule has 2 N–H and O–H groups in total. The summed E-state index contributed by atoms with van der Waals surface area (Å²) in [6, 6.07) is 0. The number of aromatic amines is 1. The number of aromatic nitrogens is 8. The van der Waals surface area contributed by atoms with Gasteiger partial charge in [0.1, 0.15) is 51.7 Å². The fourth-order valence-electron chi connectivity index (χ4n) is 26.5. The first-order valence-electron chi connectivity index (χ1n) is 45.2. The number of esters is 1. The third-order valence-corrected chi connectivity index (χ3v) is 33.9. The number of ether oxygens (including phenoxy) is 9. The summed E-state index contributed by atoms with van der Waals surface area (Å²) in [4.78, 5) is 120. The van der Waals surface area contributed by atoms with Gasteiger partial charge in [0.25, 0.3) is 5.56 Å². The summed E-state index contributed by atoms with van der Waals surface area (Å²) in [5, 5.41) is 10.1. The Bertz CT molecular complexity index is 4740. The van der Waals surface area contributed by atoms with Gasteiger partial charge in [0, 0.05) is 134 Å². The third kappa shape index (κ3) is 15.6. The molecule has 3 aliphatic heterocycles. The number of nitrogens with zero attached hydrogens (tertiary/aromatic N) is 7. The molecule has 7 heterocycles. The molecule has 0 bridgehead atoms. The fraction of sp³-hybridized carbons (Fsp3) is 0.747. The number of aryl methyl sites for hydroxylation is 4. The first-order valence-corrected chi connectivity index (χ1v) is 45.6.